The molecule has 0 saturated heterocycles. The van der Waals surface area contributed by atoms with Gasteiger partial charge in [0.25, 0.3) is 0 Å². The minimum atomic E-state index is 0.461. The summed E-state index contributed by atoms with van der Waals surface area (Å²) in [5, 5.41) is 0. The minimum absolute atomic E-state index is 0.461. The highest BCUT2D eigenvalue weighted by molar-refractivity contribution is 5.29. The van der Waals surface area contributed by atoms with Crippen LogP contribution in [0.3, 0.4) is 0 Å². The molecule has 0 saturated carbocycles. The van der Waals surface area contributed by atoms with Gasteiger partial charge in [0.2, 0.25) is 5.95 Å². The van der Waals surface area contributed by atoms with Gasteiger partial charge in [-0.05, 0) is 26.3 Å². The Morgan fingerprint density at radius 1 is 1.31 bits per heavy atom. The van der Waals surface area contributed by atoms with E-state index in [1.165, 1.54) is 0 Å². The van der Waals surface area contributed by atoms with Crippen LogP contribution in [-0.4, -0.2) is 22.6 Å². The molecule has 0 bridgehead atoms. The summed E-state index contributed by atoms with van der Waals surface area (Å²) in [6.45, 7) is 7.50. The summed E-state index contributed by atoms with van der Waals surface area (Å²) in [5.74, 6) is 0.833. The van der Waals surface area contributed by atoms with Crippen molar-refractivity contribution in [1.29, 1.82) is 0 Å². The first-order valence-electron chi connectivity index (χ1n) is 4.79. The highest BCUT2D eigenvalue weighted by atomic mass is 15.3. The van der Waals surface area contributed by atoms with Crippen molar-refractivity contribution in [2.75, 3.05) is 11.4 Å². The molecule has 1 aromatic heterocycles. The molecular weight excluding hydrogens is 162 g/mol. The number of nitrogens with zero attached hydrogens (tertiary/aromatic N) is 3. The topological polar surface area (TPSA) is 29.0 Å². The van der Waals surface area contributed by atoms with Crippen molar-refractivity contribution in [3.63, 3.8) is 0 Å². The van der Waals surface area contributed by atoms with Gasteiger partial charge in [0.1, 0.15) is 0 Å². The summed E-state index contributed by atoms with van der Waals surface area (Å²) in [5.41, 5.74) is 0. The second-order valence-electron chi connectivity index (χ2n) is 3.34. The Labute approximate surface area is 79.8 Å². The maximum Gasteiger partial charge on any atom is 0.225 e. The van der Waals surface area contributed by atoms with Crippen LogP contribution in [0, 0.1) is 0 Å². The van der Waals surface area contributed by atoms with Crippen molar-refractivity contribution in [1.82, 2.24) is 9.97 Å². The monoisotopic (exact) mass is 179 g/mol. The fourth-order valence-corrected chi connectivity index (χ4v) is 1.27. The van der Waals surface area contributed by atoms with E-state index in [4.69, 9.17) is 0 Å². The molecule has 0 aliphatic heterocycles. The first-order chi connectivity index (χ1) is 6.25. The Kier molecular flexibility index (Phi) is 3.68. The summed E-state index contributed by atoms with van der Waals surface area (Å²) in [4.78, 5) is 10.7. The number of anilines is 1. The van der Waals surface area contributed by atoms with E-state index in [-0.39, 0.29) is 0 Å². The molecule has 0 fully saturated rings. The lowest BCUT2D eigenvalue weighted by Gasteiger charge is -2.25. The number of aromatic nitrogens is 2. The van der Waals surface area contributed by atoms with Crippen molar-refractivity contribution in [2.24, 2.45) is 0 Å². The number of hydrogen-bond donors (Lipinski definition) is 0. The van der Waals surface area contributed by atoms with E-state index in [0.29, 0.717) is 6.04 Å². The number of rotatable bonds is 4. The smallest absolute Gasteiger partial charge is 0.225 e. The summed E-state index contributed by atoms with van der Waals surface area (Å²) in [6.07, 6.45) is 4.69. The van der Waals surface area contributed by atoms with Gasteiger partial charge in [-0.3, -0.25) is 0 Å². The van der Waals surface area contributed by atoms with E-state index in [1.54, 1.807) is 12.4 Å². The predicted octanol–water partition coefficient (Wildman–Crippen LogP) is 2.10. The van der Waals surface area contributed by atoms with Gasteiger partial charge in [-0.25, -0.2) is 9.97 Å². The Morgan fingerprint density at radius 3 is 2.38 bits per heavy atom. The van der Waals surface area contributed by atoms with Crippen LogP contribution in [0.25, 0.3) is 0 Å². The molecule has 0 N–H and O–H groups in total. The van der Waals surface area contributed by atoms with Crippen molar-refractivity contribution in [2.45, 2.75) is 33.2 Å². The van der Waals surface area contributed by atoms with Crippen molar-refractivity contribution in [3.05, 3.63) is 18.5 Å². The van der Waals surface area contributed by atoms with E-state index >= 15 is 0 Å². The van der Waals surface area contributed by atoms with Crippen LogP contribution >= 0.6 is 0 Å². The van der Waals surface area contributed by atoms with Gasteiger partial charge in [-0.2, -0.15) is 0 Å². The second-order valence-corrected chi connectivity index (χ2v) is 3.34. The lowest BCUT2D eigenvalue weighted by Crippen LogP contribution is -2.32. The molecule has 0 atom stereocenters. The van der Waals surface area contributed by atoms with Gasteiger partial charge in [0.15, 0.2) is 0 Å². The zero-order chi connectivity index (χ0) is 9.68. The first-order valence-corrected chi connectivity index (χ1v) is 4.79. The molecule has 0 amide bonds. The van der Waals surface area contributed by atoms with Crippen LogP contribution in [0.4, 0.5) is 5.95 Å². The highest BCUT2D eigenvalue weighted by Crippen LogP contribution is 2.09. The lowest BCUT2D eigenvalue weighted by molar-refractivity contribution is 0.651. The molecule has 0 aliphatic rings. The fourth-order valence-electron chi connectivity index (χ4n) is 1.27. The zero-order valence-electron chi connectivity index (χ0n) is 8.57. The van der Waals surface area contributed by atoms with Gasteiger partial charge in [-0.15, -0.1) is 0 Å². The Hall–Kier alpha value is -1.12. The van der Waals surface area contributed by atoms with E-state index < -0.39 is 0 Å². The molecule has 3 heteroatoms. The van der Waals surface area contributed by atoms with Crippen LogP contribution in [0.15, 0.2) is 18.5 Å². The SMILES string of the molecule is CCCN(c1ncccn1)C(C)C. The molecule has 1 aromatic rings. The van der Waals surface area contributed by atoms with Crippen LogP contribution < -0.4 is 4.90 Å². The molecule has 13 heavy (non-hydrogen) atoms. The first kappa shape index (κ1) is 9.96. The molecule has 3 nitrogen and oxygen atoms in total. The van der Waals surface area contributed by atoms with Crippen LogP contribution in [0.5, 0.6) is 0 Å². The maximum atomic E-state index is 4.23. The molecule has 1 heterocycles. The van der Waals surface area contributed by atoms with E-state index in [9.17, 15) is 0 Å². The molecule has 0 aromatic carbocycles. The second kappa shape index (κ2) is 4.80. The molecule has 0 spiro atoms. The molecule has 0 unspecified atom stereocenters. The zero-order valence-corrected chi connectivity index (χ0v) is 8.57. The molecule has 1 rings (SSSR count). The van der Waals surface area contributed by atoms with E-state index in [0.717, 1.165) is 18.9 Å². The standard InChI is InChI=1S/C10H17N3/c1-4-8-13(9(2)3)10-11-6-5-7-12-10/h5-7,9H,4,8H2,1-3H3. The van der Waals surface area contributed by atoms with Crippen molar-refractivity contribution >= 4 is 5.95 Å². The third-order valence-electron chi connectivity index (χ3n) is 1.90. The lowest BCUT2D eigenvalue weighted by atomic mass is 10.3. The van der Waals surface area contributed by atoms with E-state index in [1.807, 2.05) is 6.07 Å². The largest absolute Gasteiger partial charge is 0.338 e. The quantitative estimate of drug-likeness (QED) is 0.708. The Balaban J connectivity index is 2.76. The molecule has 0 radical (unpaired) electrons. The van der Waals surface area contributed by atoms with Crippen LogP contribution in [0.1, 0.15) is 27.2 Å². The fraction of sp³-hybridized carbons (Fsp3) is 0.600. The Morgan fingerprint density at radius 2 is 1.92 bits per heavy atom. The van der Waals surface area contributed by atoms with Crippen LogP contribution in [-0.2, 0) is 0 Å². The summed E-state index contributed by atoms with van der Waals surface area (Å²) >= 11 is 0. The average molecular weight is 179 g/mol. The van der Waals surface area contributed by atoms with Crippen molar-refractivity contribution in [3.8, 4) is 0 Å². The summed E-state index contributed by atoms with van der Waals surface area (Å²) in [7, 11) is 0. The minimum Gasteiger partial charge on any atom is -0.338 e. The third-order valence-corrected chi connectivity index (χ3v) is 1.90. The summed E-state index contributed by atoms with van der Waals surface area (Å²) in [6, 6.07) is 2.30. The van der Waals surface area contributed by atoms with Gasteiger partial charge in [0.05, 0.1) is 0 Å². The van der Waals surface area contributed by atoms with Crippen LogP contribution in [0.2, 0.25) is 0 Å². The number of hydrogen-bond acceptors (Lipinski definition) is 3. The van der Waals surface area contributed by atoms with Crippen molar-refractivity contribution < 1.29 is 0 Å². The van der Waals surface area contributed by atoms with Gasteiger partial charge in [0, 0.05) is 25.0 Å². The Bertz CT molecular complexity index is 233. The molecule has 72 valence electrons. The molecular formula is C10H17N3. The average Bonchev–Trinajstić information content (AvgIpc) is 2.15. The van der Waals surface area contributed by atoms with Gasteiger partial charge < -0.3 is 4.90 Å². The highest BCUT2D eigenvalue weighted by Gasteiger charge is 2.10. The predicted molar refractivity (Wildman–Crippen MR) is 54.8 cm³/mol. The summed E-state index contributed by atoms with van der Waals surface area (Å²) < 4.78 is 0. The van der Waals surface area contributed by atoms with Gasteiger partial charge in [-0.1, -0.05) is 6.92 Å². The van der Waals surface area contributed by atoms with Gasteiger partial charge >= 0.3 is 0 Å². The van der Waals surface area contributed by atoms with E-state index in [2.05, 4.69) is 35.6 Å². The third kappa shape index (κ3) is 2.68. The normalized spacial score (nSPS) is 10.5. The molecule has 0 aliphatic carbocycles. The maximum absolute atomic E-state index is 4.23.